The van der Waals surface area contributed by atoms with E-state index in [1.807, 2.05) is 23.5 Å². The van der Waals surface area contributed by atoms with Crippen molar-refractivity contribution >= 4 is 55.6 Å². The van der Waals surface area contributed by atoms with E-state index < -0.39 is 0 Å². The van der Waals surface area contributed by atoms with Crippen molar-refractivity contribution in [3.8, 4) is 10.4 Å². The van der Waals surface area contributed by atoms with Crippen LogP contribution >= 0.6 is 22.7 Å². The van der Waals surface area contributed by atoms with Crippen LogP contribution in [0.4, 0.5) is 11.4 Å². The summed E-state index contributed by atoms with van der Waals surface area (Å²) in [5.74, 6) is 0. The number of fused-ring (bicyclic) bond motifs is 1. The number of nitro benzene ring substituents is 1. The SMILES string of the molecule is Cc1cc(/C=C/c2cc3sc(-c4ccc(N(C)CCCCCCCO)cc4)cc3s2)ccc1[N+](=O)[O-]. The number of rotatable bonds is 12. The molecular weight excluding hydrogens is 488 g/mol. The minimum atomic E-state index is -0.344. The summed E-state index contributed by atoms with van der Waals surface area (Å²) in [7, 11) is 2.15. The van der Waals surface area contributed by atoms with Crippen LogP contribution in [0.25, 0.3) is 32.0 Å². The molecule has 0 spiro atoms. The van der Waals surface area contributed by atoms with Gasteiger partial charge in [0.2, 0.25) is 0 Å². The molecule has 0 fully saturated rings. The molecule has 0 saturated heterocycles. The quantitative estimate of drug-likeness (QED) is 0.116. The lowest BCUT2D eigenvalue weighted by Gasteiger charge is -2.19. The Labute approximate surface area is 220 Å². The minimum absolute atomic E-state index is 0.154. The fourth-order valence-corrected chi connectivity index (χ4v) is 6.56. The normalized spacial score (nSPS) is 11.5. The molecule has 0 aliphatic heterocycles. The summed E-state index contributed by atoms with van der Waals surface area (Å²) < 4.78 is 2.55. The first-order valence-electron chi connectivity index (χ1n) is 12.3. The van der Waals surface area contributed by atoms with Gasteiger partial charge in [-0.3, -0.25) is 10.1 Å². The molecule has 0 aliphatic rings. The zero-order chi connectivity index (χ0) is 25.5. The maximum Gasteiger partial charge on any atom is 0.272 e. The van der Waals surface area contributed by atoms with Crippen LogP contribution in [0.1, 0.15) is 48.1 Å². The van der Waals surface area contributed by atoms with Gasteiger partial charge in [0.1, 0.15) is 0 Å². The number of nitrogens with zero attached hydrogens (tertiary/aromatic N) is 2. The van der Waals surface area contributed by atoms with Gasteiger partial charge in [0, 0.05) is 56.7 Å². The molecule has 188 valence electrons. The first-order valence-corrected chi connectivity index (χ1v) is 14.0. The highest BCUT2D eigenvalue weighted by Gasteiger charge is 2.10. The molecule has 0 amide bonds. The van der Waals surface area contributed by atoms with E-state index in [4.69, 9.17) is 5.11 Å². The molecule has 0 saturated carbocycles. The van der Waals surface area contributed by atoms with Gasteiger partial charge in [0.25, 0.3) is 5.69 Å². The van der Waals surface area contributed by atoms with E-state index in [9.17, 15) is 10.1 Å². The zero-order valence-electron chi connectivity index (χ0n) is 20.8. The van der Waals surface area contributed by atoms with Gasteiger partial charge < -0.3 is 10.0 Å². The number of aryl methyl sites for hydroxylation is 1. The molecule has 5 nitrogen and oxygen atoms in total. The van der Waals surface area contributed by atoms with Crippen LogP contribution in [0.15, 0.2) is 54.6 Å². The number of thiophene rings is 2. The first-order chi connectivity index (χ1) is 17.4. The van der Waals surface area contributed by atoms with Crippen LogP contribution < -0.4 is 4.90 Å². The number of hydrogen-bond acceptors (Lipinski definition) is 6. The van der Waals surface area contributed by atoms with Crippen molar-refractivity contribution in [1.82, 2.24) is 0 Å². The average molecular weight is 521 g/mol. The molecule has 0 atom stereocenters. The molecule has 0 unspecified atom stereocenters. The largest absolute Gasteiger partial charge is 0.396 e. The van der Waals surface area contributed by atoms with Gasteiger partial charge >= 0.3 is 0 Å². The van der Waals surface area contributed by atoms with Crippen molar-refractivity contribution in [1.29, 1.82) is 0 Å². The van der Waals surface area contributed by atoms with Crippen LogP contribution in [0, 0.1) is 17.0 Å². The lowest BCUT2D eigenvalue weighted by Crippen LogP contribution is -2.18. The number of aliphatic hydroxyl groups excluding tert-OH is 1. The highest BCUT2D eigenvalue weighted by molar-refractivity contribution is 7.29. The Morgan fingerprint density at radius 1 is 0.917 bits per heavy atom. The summed E-state index contributed by atoms with van der Waals surface area (Å²) in [5, 5.41) is 19.9. The number of unbranched alkanes of at least 4 members (excludes halogenated alkanes) is 4. The van der Waals surface area contributed by atoms with Crippen LogP contribution in [-0.2, 0) is 0 Å². The smallest absolute Gasteiger partial charge is 0.272 e. The van der Waals surface area contributed by atoms with Gasteiger partial charge in [-0.15, -0.1) is 22.7 Å². The van der Waals surface area contributed by atoms with Crippen LogP contribution in [0.5, 0.6) is 0 Å². The van der Waals surface area contributed by atoms with E-state index in [2.05, 4.69) is 54.4 Å². The molecule has 2 heterocycles. The number of benzene rings is 2. The monoisotopic (exact) mass is 520 g/mol. The number of hydrogen-bond donors (Lipinski definition) is 1. The van der Waals surface area contributed by atoms with E-state index in [0.717, 1.165) is 24.9 Å². The summed E-state index contributed by atoms with van der Waals surface area (Å²) in [6.45, 7) is 3.12. The molecule has 1 N–H and O–H groups in total. The predicted octanol–water partition coefficient (Wildman–Crippen LogP) is 8.40. The number of anilines is 1. The Balaban J connectivity index is 1.36. The topological polar surface area (TPSA) is 66.6 Å². The molecule has 4 rings (SSSR count). The highest BCUT2D eigenvalue weighted by atomic mass is 32.1. The summed E-state index contributed by atoms with van der Waals surface area (Å²) in [6.07, 6.45) is 9.69. The van der Waals surface area contributed by atoms with Crippen molar-refractivity contribution in [2.45, 2.75) is 39.0 Å². The maximum atomic E-state index is 11.0. The standard InChI is InChI=1S/C29H32N2O3S2/c1-21-18-22(9-15-26(21)31(33)34)8-14-25-19-28-29(35-25)20-27(36-28)23-10-12-24(13-11-23)30(2)16-6-4-3-5-7-17-32/h8-15,18-20,32H,3-7,16-17H2,1-2H3/b14-8+. The Hall–Kier alpha value is -3.00. The van der Waals surface area contributed by atoms with E-state index in [1.165, 1.54) is 49.7 Å². The van der Waals surface area contributed by atoms with Crippen molar-refractivity contribution in [3.05, 3.63) is 80.7 Å². The molecule has 2 aromatic carbocycles. The van der Waals surface area contributed by atoms with Crippen LogP contribution in [-0.4, -0.2) is 30.2 Å². The maximum absolute atomic E-state index is 11.0. The second kappa shape index (κ2) is 12.3. The average Bonchev–Trinajstić information content (AvgIpc) is 3.44. The summed E-state index contributed by atoms with van der Waals surface area (Å²) in [6, 6.07) is 18.5. The van der Waals surface area contributed by atoms with Crippen LogP contribution in [0.2, 0.25) is 0 Å². The van der Waals surface area contributed by atoms with Gasteiger partial charge in [-0.2, -0.15) is 0 Å². The molecule has 4 aromatic rings. The highest BCUT2D eigenvalue weighted by Crippen LogP contribution is 2.39. The third-order valence-electron chi connectivity index (χ3n) is 6.33. The Kier molecular flexibility index (Phi) is 8.91. The third-order valence-corrected chi connectivity index (χ3v) is 8.64. The minimum Gasteiger partial charge on any atom is -0.396 e. The molecule has 7 heteroatoms. The van der Waals surface area contributed by atoms with Gasteiger partial charge in [-0.25, -0.2) is 0 Å². The second-order valence-corrected chi connectivity index (χ2v) is 11.3. The van der Waals surface area contributed by atoms with Gasteiger partial charge in [-0.05, 0) is 73.4 Å². The van der Waals surface area contributed by atoms with Crippen molar-refractivity contribution in [3.63, 3.8) is 0 Å². The van der Waals surface area contributed by atoms with Gasteiger partial charge in [0.15, 0.2) is 0 Å². The second-order valence-electron chi connectivity index (χ2n) is 9.08. The molecule has 0 bridgehead atoms. The summed E-state index contributed by atoms with van der Waals surface area (Å²) in [4.78, 5) is 15.4. The van der Waals surface area contributed by atoms with Gasteiger partial charge in [-0.1, -0.05) is 37.5 Å². The molecule has 0 radical (unpaired) electrons. The molecular formula is C29H32N2O3S2. The number of aliphatic hydroxyl groups is 1. The van der Waals surface area contributed by atoms with Gasteiger partial charge in [0.05, 0.1) is 4.92 Å². The lowest BCUT2D eigenvalue weighted by atomic mass is 10.1. The van der Waals surface area contributed by atoms with E-state index in [1.54, 1.807) is 30.4 Å². The lowest BCUT2D eigenvalue weighted by molar-refractivity contribution is -0.385. The first kappa shape index (κ1) is 26.1. The summed E-state index contributed by atoms with van der Waals surface area (Å²) >= 11 is 3.57. The fourth-order valence-electron chi connectivity index (χ4n) is 4.24. The van der Waals surface area contributed by atoms with Crippen molar-refractivity contribution < 1.29 is 10.0 Å². The molecule has 0 aliphatic carbocycles. The van der Waals surface area contributed by atoms with Crippen molar-refractivity contribution in [2.75, 3.05) is 25.1 Å². The number of nitro groups is 1. The Morgan fingerprint density at radius 2 is 1.64 bits per heavy atom. The Morgan fingerprint density at radius 3 is 2.33 bits per heavy atom. The zero-order valence-corrected chi connectivity index (χ0v) is 22.4. The van der Waals surface area contributed by atoms with E-state index in [-0.39, 0.29) is 10.6 Å². The van der Waals surface area contributed by atoms with E-state index >= 15 is 0 Å². The fraction of sp³-hybridized carbons (Fsp3) is 0.310. The third kappa shape index (κ3) is 6.60. The van der Waals surface area contributed by atoms with Crippen LogP contribution in [0.3, 0.4) is 0 Å². The molecule has 2 aromatic heterocycles. The molecule has 36 heavy (non-hydrogen) atoms. The van der Waals surface area contributed by atoms with E-state index in [0.29, 0.717) is 12.2 Å². The Bertz CT molecular complexity index is 1310. The summed E-state index contributed by atoms with van der Waals surface area (Å²) in [5.41, 5.74) is 4.26. The van der Waals surface area contributed by atoms with Crippen molar-refractivity contribution in [2.24, 2.45) is 0 Å². The predicted molar refractivity (Wildman–Crippen MR) is 155 cm³/mol.